The van der Waals surface area contributed by atoms with E-state index in [0.717, 1.165) is 44.9 Å². The van der Waals surface area contributed by atoms with Gasteiger partial charge in [0, 0.05) is 45.1 Å². The summed E-state index contributed by atoms with van der Waals surface area (Å²) in [5, 5.41) is 0. The van der Waals surface area contributed by atoms with E-state index in [1.54, 1.807) is 0 Å². The van der Waals surface area contributed by atoms with E-state index in [-0.39, 0.29) is 22.9 Å². The molecule has 190 valence electrons. The number of fused-ring (bicyclic) bond motifs is 5. The highest BCUT2D eigenvalue weighted by molar-refractivity contribution is 5.83. The molecule has 5 aliphatic rings. The van der Waals surface area contributed by atoms with Gasteiger partial charge < -0.3 is 14.2 Å². The van der Waals surface area contributed by atoms with Crippen molar-refractivity contribution in [1.82, 2.24) is 0 Å². The zero-order valence-electron chi connectivity index (χ0n) is 21.8. The molecule has 5 rings (SSSR count). The molecular weight excluding hydrogens is 428 g/mol. The molecule has 4 saturated carbocycles. The molecule has 4 fully saturated rings. The first-order valence-corrected chi connectivity index (χ1v) is 13.8. The van der Waals surface area contributed by atoms with E-state index in [1.807, 2.05) is 7.11 Å². The largest absolute Gasteiger partial charge is 0.465 e. The smallest absolute Gasteiger partial charge is 0.302 e. The predicted octanol–water partition coefficient (Wildman–Crippen LogP) is 6.14. The van der Waals surface area contributed by atoms with Crippen molar-refractivity contribution in [2.24, 2.45) is 28.6 Å². The van der Waals surface area contributed by atoms with Gasteiger partial charge in [-0.3, -0.25) is 9.59 Å². The second-order valence-electron chi connectivity index (χ2n) is 12.4. The summed E-state index contributed by atoms with van der Waals surface area (Å²) in [6.07, 6.45) is 13.6. The quantitative estimate of drug-likeness (QED) is 0.273. The van der Waals surface area contributed by atoms with Crippen LogP contribution in [0.1, 0.15) is 104 Å². The fraction of sp³-hybridized carbons (Fsp3) is 0.862. The standard InChI is InChI=1S/C29H44O5/c1-19-16-22-23-8-9-26(34-29(32-4)12-6-5-7-13-29)27(23,3)14-11-24(22)28(18-33-20(2)30)15-10-21(31)17-25(19)28/h22-24,26H,5-18H2,1-4H3/t22-,23-,24-,26-,27-,28-/m0/s1. The van der Waals surface area contributed by atoms with Crippen LogP contribution in [-0.4, -0.2) is 37.4 Å². The Morgan fingerprint density at radius 3 is 2.50 bits per heavy atom. The molecule has 0 saturated heterocycles. The van der Waals surface area contributed by atoms with E-state index >= 15 is 0 Å². The van der Waals surface area contributed by atoms with Crippen molar-refractivity contribution in [2.75, 3.05) is 13.7 Å². The van der Waals surface area contributed by atoms with Crippen LogP contribution >= 0.6 is 0 Å². The summed E-state index contributed by atoms with van der Waals surface area (Å²) in [6.45, 7) is 6.67. The van der Waals surface area contributed by atoms with Crippen LogP contribution in [0.5, 0.6) is 0 Å². The monoisotopic (exact) mass is 472 g/mol. The van der Waals surface area contributed by atoms with Gasteiger partial charge in [-0.1, -0.05) is 24.5 Å². The van der Waals surface area contributed by atoms with Crippen molar-refractivity contribution in [3.63, 3.8) is 0 Å². The first kappa shape index (κ1) is 24.5. The van der Waals surface area contributed by atoms with Gasteiger partial charge in [-0.25, -0.2) is 0 Å². The third kappa shape index (κ3) is 3.89. The number of rotatable bonds is 5. The predicted molar refractivity (Wildman–Crippen MR) is 130 cm³/mol. The molecule has 0 radical (unpaired) electrons. The number of hydrogen-bond donors (Lipinski definition) is 0. The molecule has 5 aliphatic carbocycles. The van der Waals surface area contributed by atoms with Crippen molar-refractivity contribution < 1.29 is 23.8 Å². The van der Waals surface area contributed by atoms with Crippen molar-refractivity contribution in [3.8, 4) is 0 Å². The van der Waals surface area contributed by atoms with Crippen LogP contribution in [0.15, 0.2) is 11.1 Å². The first-order valence-electron chi connectivity index (χ1n) is 13.8. The van der Waals surface area contributed by atoms with Gasteiger partial charge in [0.1, 0.15) is 12.4 Å². The lowest BCUT2D eigenvalue weighted by Crippen LogP contribution is -2.55. The molecule has 0 aromatic heterocycles. The van der Waals surface area contributed by atoms with Gasteiger partial charge in [0.2, 0.25) is 0 Å². The maximum atomic E-state index is 12.5. The van der Waals surface area contributed by atoms with Crippen LogP contribution in [0.25, 0.3) is 0 Å². The van der Waals surface area contributed by atoms with Crippen molar-refractivity contribution in [3.05, 3.63) is 11.1 Å². The molecule has 0 aliphatic heterocycles. The molecule has 6 atom stereocenters. The summed E-state index contributed by atoms with van der Waals surface area (Å²) >= 11 is 0. The van der Waals surface area contributed by atoms with E-state index < -0.39 is 5.79 Å². The molecule has 5 heteroatoms. The Labute approximate surface area is 205 Å². The molecule has 0 amide bonds. The summed E-state index contributed by atoms with van der Waals surface area (Å²) in [5.74, 6) is 1.41. The lowest BCUT2D eigenvalue weighted by molar-refractivity contribution is -0.279. The third-order valence-electron chi connectivity index (χ3n) is 10.8. The number of methoxy groups -OCH3 is 1. The Bertz CT molecular complexity index is 855. The minimum atomic E-state index is -0.395. The highest BCUT2D eigenvalue weighted by atomic mass is 16.7. The van der Waals surface area contributed by atoms with Crippen LogP contribution in [0, 0.1) is 28.6 Å². The number of carbonyl (C=O) groups is 2. The Kier molecular flexibility index (Phi) is 6.50. The minimum Gasteiger partial charge on any atom is -0.465 e. The Morgan fingerprint density at radius 2 is 1.79 bits per heavy atom. The van der Waals surface area contributed by atoms with Gasteiger partial charge in [0.15, 0.2) is 5.79 Å². The molecule has 0 aromatic carbocycles. The zero-order chi connectivity index (χ0) is 24.1. The van der Waals surface area contributed by atoms with Gasteiger partial charge in [0.25, 0.3) is 0 Å². The summed E-state index contributed by atoms with van der Waals surface area (Å²) in [6, 6.07) is 0. The first-order chi connectivity index (χ1) is 16.2. The summed E-state index contributed by atoms with van der Waals surface area (Å²) in [5.41, 5.74) is 2.70. The average Bonchev–Trinajstić information content (AvgIpc) is 3.15. The van der Waals surface area contributed by atoms with Crippen LogP contribution in [-0.2, 0) is 23.8 Å². The summed E-state index contributed by atoms with van der Waals surface area (Å²) in [7, 11) is 1.83. The molecule has 34 heavy (non-hydrogen) atoms. The maximum absolute atomic E-state index is 12.5. The van der Waals surface area contributed by atoms with Crippen molar-refractivity contribution >= 4 is 11.8 Å². The normalized spacial score (nSPS) is 41.5. The number of allylic oxidation sites excluding steroid dienone is 1. The Hall–Kier alpha value is -1.20. The lowest BCUT2D eigenvalue weighted by Gasteiger charge is -2.59. The highest BCUT2D eigenvalue weighted by Gasteiger charge is 2.62. The molecular formula is C29H44O5. The molecule has 0 heterocycles. The number of ketones is 1. The van der Waals surface area contributed by atoms with E-state index in [1.165, 1.54) is 43.8 Å². The van der Waals surface area contributed by atoms with Gasteiger partial charge in [-0.05, 0) is 81.5 Å². The van der Waals surface area contributed by atoms with E-state index in [9.17, 15) is 9.59 Å². The number of ether oxygens (including phenoxy) is 3. The summed E-state index contributed by atoms with van der Waals surface area (Å²) < 4.78 is 18.7. The topological polar surface area (TPSA) is 61.8 Å². The molecule has 0 spiro atoms. The van der Waals surface area contributed by atoms with E-state index in [0.29, 0.717) is 43.0 Å². The molecule has 0 aromatic rings. The number of carbonyl (C=O) groups excluding carboxylic acids is 2. The highest BCUT2D eigenvalue weighted by Crippen LogP contribution is 2.66. The lowest BCUT2D eigenvalue weighted by atomic mass is 9.46. The number of esters is 1. The second kappa shape index (κ2) is 9.03. The summed E-state index contributed by atoms with van der Waals surface area (Å²) in [4.78, 5) is 24.3. The van der Waals surface area contributed by atoms with E-state index in [4.69, 9.17) is 14.2 Å². The van der Waals surface area contributed by atoms with E-state index in [2.05, 4.69) is 13.8 Å². The maximum Gasteiger partial charge on any atom is 0.302 e. The fourth-order valence-corrected chi connectivity index (χ4v) is 9.06. The van der Waals surface area contributed by atoms with Gasteiger partial charge in [-0.2, -0.15) is 0 Å². The van der Waals surface area contributed by atoms with Crippen LogP contribution < -0.4 is 0 Å². The molecule has 0 bridgehead atoms. The van der Waals surface area contributed by atoms with Crippen LogP contribution in [0.4, 0.5) is 0 Å². The molecule has 5 nitrogen and oxygen atoms in total. The van der Waals surface area contributed by atoms with Crippen LogP contribution in [0.3, 0.4) is 0 Å². The average molecular weight is 473 g/mol. The number of hydrogen-bond acceptors (Lipinski definition) is 5. The Morgan fingerprint density at radius 1 is 1.03 bits per heavy atom. The minimum absolute atomic E-state index is 0.149. The van der Waals surface area contributed by atoms with Crippen molar-refractivity contribution in [1.29, 1.82) is 0 Å². The second-order valence-corrected chi connectivity index (χ2v) is 12.4. The van der Waals surface area contributed by atoms with Gasteiger partial charge in [-0.15, -0.1) is 0 Å². The van der Waals surface area contributed by atoms with Gasteiger partial charge in [0.05, 0.1) is 6.10 Å². The van der Waals surface area contributed by atoms with Crippen molar-refractivity contribution in [2.45, 2.75) is 116 Å². The Balaban J connectivity index is 1.43. The fourth-order valence-electron chi connectivity index (χ4n) is 9.06. The SMILES string of the molecule is COC1(O[C@H]2CC[C@H]3[C@@H]4CC(C)=C5CC(=O)CC[C@]5(COC(C)=O)[C@H]4CC[C@]23C)CCCCC1. The number of Topliss-reactive ketones (excluding diaryl/α,β-unsaturated/α-hetero) is 1. The van der Waals surface area contributed by atoms with Crippen LogP contribution in [0.2, 0.25) is 0 Å². The molecule has 0 N–H and O–H groups in total. The molecule has 0 unspecified atom stereocenters. The third-order valence-corrected chi connectivity index (χ3v) is 10.8. The van der Waals surface area contributed by atoms with Gasteiger partial charge >= 0.3 is 5.97 Å². The zero-order valence-corrected chi connectivity index (χ0v) is 21.8.